The minimum Gasteiger partial charge on any atom is -0.494 e. The van der Waals surface area contributed by atoms with Gasteiger partial charge < -0.3 is 15.8 Å². The van der Waals surface area contributed by atoms with Crippen LogP contribution in [0, 0.1) is 12.7 Å². The molecule has 6 heteroatoms. The maximum Gasteiger partial charge on any atom is 0.255 e. The largest absolute Gasteiger partial charge is 0.494 e. The van der Waals surface area contributed by atoms with Crippen molar-refractivity contribution in [2.24, 2.45) is 7.05 Å². The summed E-state index contributed by atoms with van der Waals surface area (Å²) in [7, 11) is 2.97. The fourth-order valence-electron chi connectivity index (χ4n) is 1.86. The molecule has 0 aliphatic carbocycles. The Labute approximate surface area is 131 Å². The number of nitrogen functional groups attached to an aromatic ring is 1. The summed E-state index contributed by atoms with van der Waals surface area (Å²) in [6.45, 7) is 5.79. The van der Waals surface area contributed by atoms with Gasteiger partial charge in [-0.1, -0.05) is 19.9 Å². The lowest BCUT2D eigenvalue weighted by Crippen LogP contribution is -2.21. The van der Waals surface area contributed by atoms with E-state index in [9.17, 15) is 9.18 Å². The van der Waals surface area contributed by atoms with Gasteiger partial charge in [-0.2, -0.15) is 0 Å². The van der Waals surface area contributed by atoms with Crippen molar-refractivity contribution in [2.75, 3.05) is 18.2 Å². The average Bonchev–Trinajstić information content (AvgIpc) is 2.51. The van der Waals surface area contributed by atoms with Crippen molar-refractivity contribution < 1.29 is 10.6 Å². The van der Waals surface area contributed by atoms with Crippen molar-refractivity contribution in [1.29, 1.82) is 0 Å². The average molecular weight is 309 g/mol. The molecule has 1 aromatic carbocycles. The number of hydrogen-bond acceptors (Lipinski definition) is 4. The van der Waals surface area contributed by atoms with E-state index < -0.39 is 5.82 Å². The van der Waals surface area contributed by atoms with E-state index in [1.807, 2.05) is 13.8 Å². The van der Waals surface area contributed by atoms with Crippen LogP contribution >= 0.6 is 0 Å². The first-order valence-corrected chi connectivity index (χ1v) is 7.00. The van der Waals surface area contributed by atoms with Crippen LogP contribution in [0.3, 0.4) is 0 Å². The summed E-state index contributed by atoms with van der Waals surface area (Å²) in [5, 5.41) is 2.83. The molecular weight excluding hydrogens is 285 g/mol. The normalized spacial score (nSPS) is 9.73. The van der Waals surface area contributed by atoms with Crippen LogP contribution in [-0.2, 0) is 7.05 Å². The molecule has 0 radical (unpaired) electrons. The second-order valence-electron chi connectivity index (χ2n) is 4.48. The van der Waals surface area contributed by atoms with Gasteiger partial charge in [0.15, 0.2) is 5.75 Å². The van der Waals surface area contributed by atoms with Crippen LogP contribution in [0.25, 0.3) is 0 Å². The lowest BCUT2D eigenvalue weighted by Gasteiger charge is -2.16. The summed E-state index contributed by atoms with van der Waals surface area (Å²) >= 11 is 0. The molecule has 0 fully saturated rings. The van der Waals surface area contributed by atoms with Gasteiger partial charge in [0.2, 0.25) is 0 Å². The molecule has 1 aromatic heterocycles. The van der Waals surface area contributed by atoms with Gasteiger partial charge in [-0.05, 0) is 24.6 Å². The molecule has 22 heavy (non-hydrogen) atoms. The summed E-state index contributed by atoms with van der Waals surface area (Å²) < 4.78 is 20.2. The first-order valence-electron chi connectivity index (χ1n) is 7.00. The molecule has 0 bridgehead atoms. The Kier molecular flexibility index (Phi) is 5.98. The Morgan fingerprint density at radius 2 is 1.95 bits per heavy atom. The zero-order valence-electron chi connectivity index (χ0n) is 13.5. The van der Waals surface area contributed by atoms with Crippen molar-refractivity contribution in [1.82, 2.24) is 4.57 Å². The van der Waals surface area contributed by atoms with E-state index in [2.05, 4.69) is 5.32 Å². The SMILES string of the molecule is CC.COc1cc(=O)n(C)c(Nc2ccc(C)cc2F)c1N.[HH]. The first kappa shape index (κ1) is 17.6. The van der Waals surface area contributed by atoms with Crippen molar-refractivity contribution >= 4 is 17.2 Å². The minimum absolute atomic E-state index is 0. The predicted octanol–water partition coefficient (Wildman–Crippen LogP) is 3.44. The van der Waals surface area contributed by atoms with Gasteiger partial charge in [-0.15, -0.1) is 0 Å². The summed E-state index contributed by atoms with van der Waals surface area (Å²) in [6, 6.07) is 6.04. The molecule has 3 N–H and O–H groups in total. The zero-order chi connectivity index (χ0) is 16.9. The molecule has 0 atom stereocenters. The van der Waals surface area contributed by atoms with Crippen molar-refractivity contribution in [2.45, 2.75) is 20.8 Å². The summed E-state index contributed by atoms with van der Waals surface area (Å²) in [4.78, 5) is 11.8. The number of benzene rings is 1. The Balaban J connectivity index is 0.00000155. The third-order valence-corrected chi connectivity index (χ3v) is 3.04. The third kappa shape index (κ3) is 3.58. The lowest BCUT2D eigenvalue weighted by molar-refractivity contribution is 0.415. The number of rotatable bonds is 3. The highest BCUT2D eigenvalue weighted by Crippen LogP contribution is 2.30. The molecule has 122 valence electrons. The van der Waals surface area contributed by atoms with Gasteiger partial charge in [-0.3, -0.25) is 9.36 Å². The fourth-order valence-corrected chi connectivity index (χ4v) is 1.86. The molecule has 5 nitrogen and oxygen atoms in total. The number of hydrogen-bond donors (Lipinski definition) is 2. The Bertz CT molecular complexity index is 717. The molecule has 2 aromatic rings. The monoisotopic (exact) mass is 309 g/mol. The molecule has 0 saturated heterocycles. The highest BCUT2D eigenvalue weighted by Gasteiger charge is 2.13. The van der Waals surface area contributed by atoms with Gasteiger partial charge in [0.25, 0.3) is 5.56 Å². The van der Waals surface area contributed by atoms with Crippen LogP contribution in [0.4, 0.5) is 21.6 Å². The highest BCUT2D eigenvalue weighted by atomic mass is 19.1. The van der Waals surface area contributed by atoms with Gasteiger partial charge >= 0.3 is 0 Å². The quantitative estimate of drug-likeness (QED) is 0.911. The number of aryl methyl sites for hydroxylation is 1. The van der Waals surface area contributed by atoms with Crippen LogP contribution in [-0.4, -0.2) is 11.7 Å². The van der Waals surface area contributed by atoms with Crippen molar-refractivity contribution in [3.8, 4) is 5.75 Å². The number of anilines is 3. The van der Waals surface area contributed by atoms with Gasteiger partial charge in [0, 0.05) is 14.5 Å². The minimum atomic E-state index is -0.417. The van der Waals surface area contributed by atoms with E-state index in [1.54, 1.807) is 26.1 Å². The fraction of sp³-hybridized carbons (Fsp3) is 0.312. The van der Waals surface area contributed by atoms with Gasteiger partial charge in [0.05, 0.1) is 12.8 Å². The molecule has 0 saturated carbocycles. The number of nitrogens with one attached hydrogen (secondary N) is 1. The Hall–Kier alpha value is -2.50. The molecule has 0 amide bonds. The Morgan fingerprint density at radius 1 is 1.32 bits per heavy atom. The Morgan fingerprint density at radius 3 is 2.50 bits per heavy atom. The van der Waals surface area contributed by atoms with E-state index in [-0.39, 0.29) is 29.9 Å². The van der Waals surface area contributed by atoms with Crippen LogP contribution < -0.4 is 21.3 Å². The molecule has 0 spiro atoms. The van der Waals surface area contributed by atoms with Crippen LogP contribution in [0.15, 0.2) is 29.1 Å². The van der Waals surface area contributed by atoms with E-state index in [1.165, 1.54) is 23.8 Å². The predicted molar refractivity (Wildman–Crippen MR) is 90.5 cm³/mol. The number of nitrogens with zero attached hydrogens (tertiary/aromatic N) is 1. The van der Waals surface area contributed by atoms with E-state index >= 15 is 0 Å². The zero-order valence-corrected chi connectivity index (χ0v) is 13.5. The second kappa shape index (κ2) is 7.49. The number of aromatic nitrogens is 1. The topological polar surface area (TPSA) is 69.3 Å². The molecule has 0 unspecified atom stereocenters. The number of halogens is 1. The lowest BCUT2D eigenvalue weighted by atomic mass is 10.2. The number of pyridine rings is 1. The standard InChI is InChI=1S/C14H16FN3O2.C2H6.H2/c1-8-4-5-10(9(15)6-8)17-14-13(16)11(20-3)7-12(19)18(14)2;1-2;/h4-7,17H,16H2,1-3H3;1-2H3;1H. The number of methoxy groups -OCH3 is 1. The van der Waals surface area contributed by atoms with Crippen molar-refractivity contribution in [3.05, 3.63) is 46.0 Å². The third-order valence-electron chi connectivity index (χ3n) is 3.04. The summed E-state index contributed by atoms with van der Waals surface area (Å²) in [5.41, 5.74) is 6.91. The maximum atomic E-state index is 13.9. The molecule has 1 heterocycles. The van der Waals surface area contributed by atoms with Crippen LogP contribution in [0.1, 0.15) is 20.8 Å². The maximum absolute atomic E-state index is 13.9. The molecule has 0 aliphatic rings. The smallest absolute Gasteiger partial charge is 0.255 e. The van der Waals surface area contributed by atoms with Crippen LogP contribution in [0.2, 0.25) is 0 Å². The van der Waals surface area contributed by atoms with Crippen molar-refractivity contribution in [3.63, 3.8) is 0 Å². The van der Waals surface area contributed by atoms with E-state index in [0.29, 0.717) is 0 Å². The molecule has 0 aliphatic heterocycles. The molecule has 2 rings (SSSR count). The number of nitrogens with two attached hydrogens (primary N) is 1. The summed E-state index contributed by atoms with van der Waals surface area (Å²) in [5.74, 6) is 0.125. The highest BCUT2D eigenvalue weighted by molar-refractivity contribution is 5.74. The van der Waals surface area contributed by atoms with Gasteiger partial charge in [-0.25, -0.2) is 4.39 Å². The summed E-state index contributed by atoms with van der Waals surface area (Å²) in [6.07, 6.45) is 0. The van der Waals surface area contributed by atoms with Gasteiger partial charge in [0.1, 0.15) is 17.3 Å². The number of ether oxygens (including phenoxy) is 1. The molecular formula is C16H24FN3O2. The van der Waals surface area contributed by atoms with E-state index in [0.717, 1.165) is 5.56 Å². The van der Waals surface area contributed by atoms with Crippen LogP contribution in [0.5, 0.6) is 5.75 Å². The first-order chi connectivity index (χ1) is 10.4. The second-order valence-corrected chi connectivity index (χ2v) is 4.48. The van der Waals surface area contributed by atoms with E-state index in [4.69, 9.17) is 10.5 Å².